The Labute approximate surface area is 175 Å². The summed E-state index contributed by atoms with van der Waals surface area (Å²) >= 11 is 0. The topological polar surface area (TPSA) is 25.8 Å². The highest BCUT2D eigenvalue weighted by Gasteiger charge is 2.37. The van der Waals surface area contributed by atoms with Gasteiger partial charge in [-0.1, -0.05) is 86.5 Å². The predicted octanol–water partition coefficient (Wildman–Crippen LogP) is 8.24. The fraction of sp³-hybridized carbons (Fsp3) is 0.846. The normalized spacial score (nSPS) is 18.6. The Morgan fingerprint density at radius 2 is 1.43 bits per heavy atom. The van der Waals surface area contributed by atoms with Crippen LogP contribution in [0.4, 0.5) is 0 Å². The van der Waals surface area contributed by atoms with E-state index in [-0.39, 0.29) is 10.8 Å². The second-order valence-corrected chi connectivity index (χ2v) is 9.86. The minimum atomic E-state index is 0.174. The number of hydrogen-bond acceptors (Lipinski definition) is 2. The molecule has 0 N–H and O–H groups in total. The van der Waals surface area contributed by atoms with Crippen molar-refractivity contribution in [2.45, 2.75) is 142 Å². The third kappa shape index (κ3) is 5.80. The lowest BCUT2D eigenvalue weighted by Gasteiger charge is -2.32. The molecule has 0 aliphatic heterocycles. The molecule has 0 bridgehead atoms. The Bertz CT molecular complexity index is 592. The molecule has 0 radical (unpaired) electrons. The summed E-state index contributed by atoms with van der Waals surface area (Å²) in [6, 6.07) is 0. The summed E-state index contributed by atoms with van der Waals surface area (Å²) in [5, 5.41) is 0. The van der Waals surface area contributed by atoms with Crippen molar-refractivity contribution in [2.24, 2.45) is 0 Å². The lowest BCUT2D eigenvalue weighted by atomic mass is 9.76. The maximum Gasteiger partial charge on any atom is 0.0680 e. The largest absolute Gasteiger partial charge is 0.257 e. The van der Waals surface area contributed by atoms with Gasteiger partial charge >= 0.3 is 0 Å². The van der Waals surface area contributed by atoms with Gasteiger partial charge in [0.2, 0.25) is 0 Å². The van der Waals surface area contributed by atoms with Crippen LogP contribution in [0.15, 0.2) is 6.20 Å². The fourth-order valence-corrected chi connectivity index (χ4v) is 4.43. The number of unbranched alkanes of at least 4 members (excludes halogenated alkanes) is 5. The molecule has 0 spiro atoms. The molecule has 0 saturated heterocycles. The van der Waals surface area contributed by atoms with Crippen LogP contribution in [0.25, 0.3) is 0 Å². The van der Waals surface area contributed by atoms with Gasteiger partial charge in [0.05, 0.1) is 17.1 Å². The molecule has 2 unspecified atom stereocenters. The standard InChI is InChI=1S/C26H46N2/c1-7-11-13-14-15-19-25(5,9-3)22-20-27-24(23(28-22)21-16-17-21)26(6,10-4)18-12-8-2/h20-21H,7-19H2,1-6H3. The van der Waals surface area contributed by atoms with Gasteiger partial charge < -0.3 is 0 Å². The summed E-state index contributed by atoms with van der Waals surface area (Å²) in [6.45, 7) is 14.1. The monoisotopic (exact) mass is 386 g/mol. The number of aromatic nitrogens is 2. The summed E-state index contributed by atoms with van der Waals surface area (Å²) in [5.41, 5.74) is 4.28. The quantitative estimate of drug-likeness (QED) is 0.301. The van der Waals surface area contributed by atoms with Gasteiger partial charge in [0, 0.05) is 22.9 Å². The van der Waals surface area contributed by atoms with Gasteiger partial charge in [0.25, 0.3) is 0 Å². The van der Waals surface area contributed by atoms with E-state index in [0.29, 0.717) is 5.92 Å². The average molecular weight is 387 g/mol. The molecule has 1 aromatic heterocycles. The SMILES string of the molecule is CCCCCCCC(C)(CC)c1cnc(C(C)(CC)CCCC)c(C2CC2)n1. The smallest absolute Gasteiger partial charge is 0.0680 e. The first-order valence-corrected chi connectivity index (χ1v) is 12.3. The van der Waals surface area contributed by atoms with Crippen LogP contribution < -0.4 is 0 Å². The summed E-state index contributed by atoms with van der Waals surface area (Å²) < 4.78 is 0. The highest BCUT2D eigenvalue weighted by atomic mass is 14.9. The molecule has 1 saturated carbocycles. The molecule has 0 aromatic carbocycles. The fourth-order valence-electron chi connectivity index (χ4n) is 4.43. The van der Waals surface area contributed by atoms with E-state index in [9.17, 15) is 0 Å². The van der Waals surface area contributed by atoms with Crippen molar-refractivity contribution in [2.75, 3.05) is 0 Å². The first-order valence-electron chi connectivity index (χ1n) is 12.3. The Hall–Kier alpha value is -0.920. The minimum Gasteiger partial charge on any atom is -0.257 e. The van der Waals surface area contributed by atoms with Gasteiger partial charge in [-0.2, -0.15) is 0 Å². The molecular formula is C26H46N2. The van der Waals surface area contributed by atoms with Crippen molar-refractivity contribution in [1.29, 1.82) is 0 Å². The second-order valence-electron chi connectivity index (χ2n) is 9.86. The van der Waals surface area contributed by atoms with Gasteiger partial charge in [-0.15, -0.1) is 0 Å². The van der Waals surface area contributed by atoms with Gasteiger partial charge in [0.1, 0.15) is 0 Å². The Morgan fingerprint density at radius 3 is 2.00 bits per heavy atom. The maximum absolute atomic E-state index is 5.35. The Balaban J connectivity index is 2.25. The van der Waals surface area contributed by atoms with Crippen molar-refractivity contribution in [3.8, 4) is 0 Å². The van der Waals surface area contributed by atoms with Gasteiger partial charge in [-0.05, 0) is 38.5 Å². The summed E-state index contributed by atoms with van der Waals surface area (Å²) in [7, 11) is 0. The van der Waals surface area contributed by atoms with E-state index >= 15 is 0 Å². The average Bonchev–Trinajstić information content (AvgIpc) is 3.56. The zero-order chi connectivity index (χ0) is 20.6. The molecule has 2 atom stereocenters. The van der Waals surface area contributed by atoms with Crippen molar-refractivity contribution >= 4 is 0 Å². The number of hydrogen-bond donors (Lipinski definition) is 0. The first-order chi connectivity index (χ1) is 13.4. The second kappa shape index (κ2) is 10.7. The predicted molar refractivity (Wildman–Crippen MR) is 122 cm³/mol. The molecule has 2 heteroatoms. The zero-order valence-corrected chi connectivity index (χ0v) is 19.7. The molecule has 160 valence electrons. The van der Waals surface area contributed by atoms with E-state index in [2.05, 4.69) is 47.7 Å². The highest BCUT2D eigenvalue weighted by Crippen LogP contribution is 2.46. The third-order valence-electron chi connectivity index (χ3n) is 7.43. The molecule has 0 amide bonds. The molecule has 1 aliphatic carbocycles. The van der Waals surface area contributed by atoms with E-state index in [4.69, 9.17) is 9.97 Å². The summed E-state index contributed by atoms with van der Waals surface area (Å²) in [4.78, 5) is 10.5. The van der Waals surface area contributed by atoms with Gasteiger partial charge in [0.15, 0.2) is 0 Å². The third-order valence-corrected chi connectivity index (χ3v) is 7.43. The molecule has 1 fully saturated rings. The number of nitrogens with zero attached hydrogens (tertiary/aromatic N) is 2. The lowest BCUT2D eigenvalue weighted by Crippen LogP contribution is -2.28. The summed E-state index contributed by atoms with van der Waals surface area (Å²) in [5.74, 6) is 0.667. The maximum atomic E-state index is 5.35. The van der Waals surface area contributed by atoms with Crippen molar-refractivity contribution in [3.63, 3.8) is 0 Å². The molecule has 2 rings (SSSR count). The highest BCUT2D eigenvalue weighted by molar-refractivity contribution is 5.30. The van der Waals surface area contributed by atoms with Crippen LogP contribution >= 0.6 is 0 Å². The zero-order valence-electron chi connectivity index (χ0n) is 19.7. The first kappa shape index (κ1) is 23.4. The molecule has 1 aromatic rings. The van der Waals surface area contributed by atoms with Gasteiger partial charge in [-0.25, -0.2) is 0 Å². The van der Waals surface area contributed by atoms with Crippen molar-refractivity contribution in [1.82, 2.24) is 9.97 Å². The van der Waals surface area contributed by atoms with Crippen molar-refractivity contribution in [3.05, 3.63) is 23.3 Å². The van der Waals surface area contributed by atoms with Crippen LogP contribution in [-0.2, 0) is 10.8 Å². The van der Waals surface area contributed by atoms with E-state index in [1.54, 1.807) is 0 Å². The molecule has 1 heterocycles. The molecular weight excluding hydrogens is 340 g/mol. The molecule has 1 aliphatic rings. The van der Waals surface area contributed by atoms with E-state index in [1.807, 2.05) is 0 Å². The lowest BCUT2D eigenvalue weighted by molar-refractivity contribution is 0.369. The molecule has 28 heavy (non-hydrogen) atoms. The van der Waals surface area contributed by atoms with Crippen LogP contribution in [0.5, 0.6) is 0 Å². The van der Waals surface area contributed by atoms with Crippen molar-refractivity contribution < 1.29 is 0 Å². The van der Waals surface area contributed by atoms with Crippen LogP contribution in [0.3, 0.4) is 0 Å². The summed E-state index contributed by atoms with van der Waals surface area (Å²) in [6.07, 6.45) is 18.8. The van der Waals surface area contributed by atoms with Crippen LogP contribution in [-0.4, -0.2) is 9.97 Å². The Morgan fingerprint density at radius 1 is 0.821 bits per heavy atom. The van der Waals surface area contributed by atoms with Crippen LogP contribution in [0.2, 0.25) is 0 Å². The van der Waals surface area contributed by atoms with E-state index in [1.165, 1.54) is 87.7 Å². The number of rotatable bonds is 14. The Kier molecular flexibility index (Phi) is 8.96. The van der Waals surface area contributed by atoms with Gasteiger partial charge in [-0.3, -0.25) is 9.97 Å². The van der Waals surface area contributed by atoms with E-state index in [0.717, 1.165) is 12.8 Å². The molecule has 2 nitrogen and oxygen atoms in total. The van der Waals surface area contributed by atoms with Crippen LogP contribution in [0, 0.1) is 0 Å². The van der Waals surface area contributed by atoms with E-state index < -0.39 is 0 Å². The van der Waals surface area contributed by atoms with Crippen LogP contribution in [0.1, 0.15) is 148 Å². The minimum absolute atomic E-state index is 0.174.